The number of aryl methyl sites for hydroxylation is 1. The van der Waals surface area contributed by atoms with Gasteiger partial charge in [-0.2, -0.15) is 0 Å². The van der Waals surface area contributed by atoms with Gasteiger partial charge in [0.25, 0.3) is 5.91 Å². The van der Waals surface area contributed by atoms with Gasteiger partial charge in [-0.05, 0) is 35.6 Å². The summed E-state index contributed by atoms with van der Waals surface area (Å²) in [5.41, 5.74) is 3.29. The summed E-state index contributed by atoms with van der Waals surface area (Å²) in [5.74, 6) is 1.04. The molecule has 27 heavy (non-hydrogen) atoms. The predicted molar refractivity (Wildman–Crippen MR) is 105 cm³/mol. The minimum Gasteiger partial charge on any atom is -0.483 e. The summed E-state index contributed by atoms with van der Waals surface area (Å²) in [7, 11) is 0. The van der Waals surface area contributed by atoms with Crippen molar-refractivity contribution in [2.75, 3.05) is 11.9 Å². The fourth-order valence-corrected chi connectivity index (χ4v) is 2.75. The third-order valence-electron chi connectivity index (χ3n) is 4.12. The Kier molecular flexibility index (Phi) is 5.86. The molecule has 6 heteroatoms. The lowest BCUT2D eigenvalue weighted by molar-refractivity contribution is -0.118. The molecule has 0 unspecified atom stereocenters. The second-order valence-electron chi connectivity index (χ2n) is 6.78. The standard InChI is InChI=1S/C21H24N4O2/c1-15(2)18-10-9-16(3)11-19(18)27-13-20(26)23-21-22-14-25(24-21)12-17-7-5-4-6-8-17/h4-11,14-15H,12-13H2,1-3H3,(H,23,24,26). The van der Waals surface area contributed by atoms with E-state index in [0.717, 1.165) is 22.4 Å². The molecule has 0 fully saturated rings. The molecule has 0 atom stereocenters. The maximum absolute atomic E-state index is 12.2. The number of rotatable bonds is 7. The lowest BCUT2D eigenvalue weighted by Gasteiger charge is -2.14. The van der Waals surface area contributed by atoms with Crippen molar-refractivity contribution in [3.63, 3.8) is 0 Å². The van der Waals surface area contributed by atoms with Gasteiger partial charge in [0.1, 0.15) is 12.1 Å². The Hall–Kier alpha value is -3.15. The molecular formula is C21H24N4O2. The van der Waals surface area contributed by atoms with E-state index in [1.54, 1.807) is 11.0 Å². The van der Waals surface area contributed by atoms with Gasteiger partial charge < -0.3 is 4.74 Å². The van der Waals surface area contributed by atoms with Crippen molar-refractivity contribution >= 4 is 11.9 Å². The van der Waals surface area contributed by atoms with Crippen LogP contribution in [-0.2, 0) is 11.3 Å². The number of nitrogens with one attached hydrogen (secondary N) is 1. The second kappa shape index (κ2) is 8.49. The first kappa shape index (κ1) is 18.6. The van der Waals surface area contributed by atoms with Crippen molar-refractivity contribution in [2.45, 2.75) is 33.2 Å². The van der Waals surface area contributed by atoms with Crippen LogP contribution in [0.2, 0.25) is 0 Å². The van der Waals surface area contributed by atoms with Gasteiger partial charge in [0.15, 0.2) is 6.61 Å². The molecule has 2 aromatic carbocycles. The van der Waals surface area contributed by atoms with E-state index in [1.165, 1.54) is 0 Å². The molecule has 1 N–H and O–H groups in total. The average Bonchev–Trinajstić information content (AvgIpc) is 3.07. The monoisotopic (exact) mass is 364 g/mol. The highest BCUT2D eigenvalue weighted by atomic mass is 16.5. The van der Waals surface area contributed by atoms with Crippen LogP contribution in [-0.4, -0.2) is 27.3 Å². The Morgan fingerprint density at radius 2 is 1.96 bits per heavy atom. The molecule has 1 aromatic heterocycles. The zero-order valence-electron chi connectivity index (χ0n) is 15.8. The Morgan fingerprint density at radius 3 is 2.70 bits per heavy atom. The van der Waals surface area contributed by atoms with Gasteiger partial charge in [0.2, 0.25) is 5.95 Å². The number of nitrogens with zero attached hydrogens (tertiary/aromatic N) is 3. The summed E-state index contributed by atoms with van der Waals surface area (Å²) in [6, 6.07) is 16.0. The summed E-state index contributed by atoms with van der Waals surface area (Å²) >= 11 is 0. The second-order valence-corrected chi connectivity index (χ2v) is 6.78. The summed E-state index contributed by atoms with van der Waals surface area (Å²) in [6.45, 7) is 6.71. The van der Waals surface area contributed by atoms with E-state index in [1.807, 2.05) is 55.5 Å². The van der Waals surface area contributed by atoms with E-state index in [9.17, 15) is 4.79 Å². The number of hydrogen-bond acceptors (Lipinski definition) is 4. The minimum absolute atomic E-state index is 0.0869. The third kappa shape index (κ3) is 5.17. The van der Waals surface area contributed by atoms with Gasteiger partial charge in [-0.1, -0.05) is 56.3 Å². The molecule has 0 radical (unpaired) electrons. The number of amides is 1. The Bertz CT molecular complexity index is 904. The molecule has 3 aromatic rings. The van der Waals surface area contributed by atoms with Crippen LogP contribution in [0.15, 0.2) is 54.9 Å². The first-order valence-corrected chi connectivity index (χ1v) is 8.98. The number of benzene rings is 2. The van der Waals surface area contributed by atoms with Crippen molar-refractivity contribution in [3.05, 3.63) is 71.5 Å². The number of hydrogen-bond donors (Lipinski definition) is 1. The van der Waals surface area contributed by atoms with E-state index in [-0.39, 0.29) is 18.5 Å². The normalized spacial score (nSPS) is 10.8. The maximum atomic E-state index is 12.2. The number of carbonyl (C=O) groups excluding carboxylic acids is 1. The van der Waals surface area contributed by atoms with Crippen LogP contribution in [0.1, 0.15) is 36.5 Å². The van der Waals surface area contributed by atoms with Crippen LogP contribution >= 0.6 is 0 Å². The van der Waals surface area contributed by atoms with Crippen LogP contribution < -0.4 is 10.1 Å². The topological polar surface area (TPSA) is 69.0 Å². The van der Waals surface area contributed by atoms with Gasteiger partial charge in [-0.25, -0.2) is 9.67 Å². The van der Waals surface area contributed by atoms with Crippen LogP contribution in [0.4, 0.5) is 5.95 Å². The number of ether oxygens (including phenoxy) is 1. The summed E-state index contributed by atoms with van der Waals surface area (Å²) in [6.07, 6.45) is 1.60. The number of anilines is 1. The van der Waals surface area contributed by atoms with E-state index in [0.29, 0.717) is 12.5 Å². The highest BCUT2D eigenvalue weighted by molar-refractivity contribution is 5.90. The zero-order chi connectivity index (χ0) is 19.2. The molecule has 1 heterocycles. The molecule has 3 rings (SSSR count). The van der Waals surface area contributed by atoms with E-state index in [4.69, 9.17) is 4.74 Å². The van der Waals surface area contributed by atoms with Crippen molar-refractivity contribution in [3.8, 4) is 5.75 Å². The van der Waals surface area contributed by atoms with E-state index in [2.05, 4.69) is 29.2 Å². The van der Waals surface area contributed by atoms with Gasteiger partial charge >= 0.3 is 0 Å². The third-order valence-corrected chi connectivity index (χ3v) is 4.12. The molecule has 0 bridgehead atoms. The summed E-state index contributed by atoms with van der Waals surface area (Å²) < 4.78 is 7.43. The van der Waals surface area contributed by atoms with Crippen molar-refractivity contribution < 1.29 is 9.53 Å². The van der Waals surface area contributed by atoms with Crippen LogP contribution in [0.5, 0.6) is 5.75 Å². The summed E-state index contributed by atoms with van der Waals surface area (Å²) in [4.78, 5) is 16.3. The molecule has 0 aliphatic heterocycles. The quantitative estimate of drug-likeness (QED) is 0.693. The molecule has 140 valence electrons. The molecule has 1 amide bonds. The van der Waals surface area contributed by atoms with Crippen LogP contribution in [0.25, 0.3) is 0 Å². The lowest BCUT2D eigenvalue weighted by atomic mass is 10.0. The largest absolute Gasteiger partial charge is 0.483 e. The molecule has 0 saturated heterocycles. The molecule has 0 aliphatic carbocycles. The van der Waals surface area contributed by atoms with Gasteiger partial charge in [-0.3, -0.25) is 10.1 Å². The number of aromatic nitrogens is 3. The van der Waals surface area contributed by atoms with Gasteiger partial charge in [0, 0.05) is 0 Å². The molecule has 0 spiro atoms. The first-order chi connectivity index (χ1) is 13.0. The average molecular weight is 364 g/mol. The Labute approximate surface area is 159 Å². The molecule has 6 nitrogen and oxygen atoms in total. The molecule has 0 aliphatic rings. The maximum Gasteiger partial charge on any atom is 0.264 e. The fraction of sp³-hybridized carbons (Fsp3) is 0.286. The summed E-state index contributed by atoms with van der Waals surface area (Å²) in [5, 5.41) is 6.95. The SMILES string of the molecule is Cc1ccc(C(C)C)c(OCC(=O)Nc2ncn(Cc3ccccc3)n2)c1. The van der Waals surface area contributed by atoms with Gasteiger partial charge in [0.05, 0.1) is 6.54 Å². The Morgan fingerprint density at radius 1 is 1.19 bits per heavy atom. The minimum atomic E-state index is -0.288. The van der Waals surface area contributed by atoms with E-state index >= 15 is 0 Å². The van der Waals surface area contributed by atoms with E-state index < -0.39 is 0 Å². The highest BCUT2D eigenvalue weighted by Crippen LogP contribution is 2.27. The number of carbonyl (C=O) groups is 1. The zero-order valence-corrected chi connectivity index (χ0v) is 15.8. The smallest absolute Gasteiger partial charge is 0.264 e. The lowest BCUT2D eigenvalue weighted by Crippen LogP contribution is -2.21. The Balaban J connectivity index is 1.57. The van der Waals surface area contributed by atoms with Crippen molar-refractivity contribution in [1.29, 1.82) is 0 Å². The van der Waals surface area contributed by atoms with Crippen molar-refractivity contribution in [1.82, 2.24) is 14.8 Å². The van der Waals surface area contributed by atoms with Crippen molar-refractivity contribution in [2.24, 2.45) is 0 Å². The molecular weight excluding hydrogens is 340 g/mol. The van der Waals surface area contributed by atoms with Crippen LogP contribution in [0, 0.1) is 6.92 Å². The van der Waals surface area contributed by atoms with Crippen LogP contribution in [0.3, 0.4) is 0 Å². The molecule has 0 saturated carbocycles. The van der Waals surface area contributed by atoms with Gasteiger partial charge in [-0.15, -0.1) is 5.10 Å². The predicted octanol–water partition coefficient (Wildman–Crippen LogP) is 3.78. The fourth-order valence-electron chi connectivity index (χ4n) is 2.75. The first-order valence-electron chi connectivity index (χ1n) is 8.98. The highest BCUT2D eigenvalue weighted by Gasteiger charge is 2.12.